The molecule has 4 N–H and O–H groups in total. The van der Waals surface area contributed by atoms with E-state index in [1.165, 1.54) is 0 Å². The molecule has 0 heterocycles. The zero-order chi connectivity index (χ0) is 14.9. The van der Waals surface area contributed by atoms with E-state index in [4.69, 9.17) is 5.14 Å². The summed E-state index contributed by atoms with van der Waals surface area (Å²) in [6.07, 6.45) is 3.14. The Morgan fingerprint density at radius 1 is 1.20 bits per heavy atom. The molecule has 1 fully saturated rings. The molecule has 1 aliphatic rings. The van der Waals surface area contributed by atoms with E-state index in [0.717, 1.165) is 42.5 Å². The standard InChI is InChI=1S/C14H22N2O3S/c1-9-7-13(20(15,18)19)8-14(10(9)2)16-11-3-5-12(17)6-4-11/h7-8,11-12,16-17H,3-6H2,1-2H3,(H2,15,18,19). The summed E-state index contributed by atoms with van der Waals surface area (Å²) in [5, 5.41) is 18.1. The Kier molecular flexibility index (Phi) is 4.36. The average Bonchev–Trinajstić information content (AvgIpc) is 2.36. The van der Waals surface area contributed by atoms with Gasteiger partial charge in [-0.3, -0.25) is 0 Å². The van der Waals surface area contributed by atoms with E-state index in [0.29, 0.717) is 0 Å². The Bertz CT molecular complexity index is 591. The van der Waals surface area contributed by atoms with Crippen molar-refractivity contribution in [2.45, 2.75) is 56.6 Å². The maximum Gasteiger partial charge on any atom is 0.238 e. The van der Waals surface area contributed by atoms with Gasteiger partial charge in [-0.05, 0) is 62.8 Å². The first-order valence-electron chi connectivity index (χ1n) is 6.86. The Balaban J connectivity index is 2.25. The summed E-state index contributed by atoms with van der Waals surface area (Å²) in [5.41, 5.74) is 2.74. The van der Waals surface area contributed by atoms with Gasteiger partial charge in [0.25, 0.3) is 0 Å². The van der Waals surface area contributed by atoms with Gasteiger partial charge in [0.1, 0.15) is 0 Å². The molecule has 0 amide bonds. The summed E-state index contributed by atoms with van der Waals surface area (Å²) in [4.78, 5) is 0.138. The number of hydrogen-bond donors (Lipinski definition) is 3. The molecule has 0 radical (unpaired) electrons. The summed E-state index contributed by atoms with van der Waals surface area (Å²) >= 11 is 0. The van der Waals surface area contributed by atoms with Crippen LogP contribution in [0, 0.1) is 13.8 Å². The van der Waals surface area contributed by atoms with Gasteiger partial charge >= 0.3 is 0 Å². The normalized spacial score (nSPS) is 23.6. The zero-order valence-electron chi connectivity index (χ0n) is 11.9. The summed E-state index contributed by atoms with van der Waals surface area (Å²) in [6.45, 7) is 3.84. The van der Waals surface area contributed by atoms with Crippen LogP contribution in [0.1, 0.15) is 36.8 Å². The fourth-order valence-corrected chi connectivity index (χ4v) is 3.20. The van der Waals surface area contributed by atoms with Crippen molar-refractivity contribution in [3.63, 3.8) is 0 Å². The number of sulfonamides is 1. The van der Waals surface area contributed by atoms with Crippen LogP contribution in [0.25, 0.3) is 0 Å². The maximum absolute atomic E-state index is 11.5. The third-order valence-corrected chi connectivity index (χ3v) is 4.92. The third-order valence-electron chi connectivity index (χ3n) is 4.03. The second-order valence-corrected chi connectivity index (χ2v) is 7.17. The van der Waals surface area contributed by atoms with Crippen molar-refractivity contribution < 1.29 is 13.5 Å². The van der Waals surface area contributed by atoms with Crippen LogP contribution in [0.5, 0.6) is 0 Å². The van der Waals surface area contributed by atoms with Crippen LogP contribution < -0.4 is 10.5 Å². The number of rotatable bonds is 3. The average molecular weight is 298 g/mol. The molecule has 0 unspecified atom stereocenters. The van der Waals surface area contributed by atoms with Gasteiger partial charge in [0.15, 0.2) is 0 Å². The van der Waals surface area contributed by atoms with Crippen molar-refractivity contribution in [2.24, 2.45) is 5.14 Å². The quantitative estimate of drug-likeness (QED) is 0.791. The van der Waals surface area contributed by atoms with Crippen LogP contribution in [0.15, 0.2) is 17.0 Å². The molecule has 0 atom stereocenters. The van der Waals surface area contributed by atoms with E-state index >= 15 is 0 Å². The highest BCUT2D eigenvalue weighted by Crippen LogP contribution is 2.27. The summed E-state index contributed by atoms with van der Waals surface area (Å²) in [6, 6.07) is 3.47. The number of primary sulfonamides is 1. The van der Waals surface area contributed by atoms with Gasteiger partial charge in [0.05, 0.1) is 11.0 Å². The van der Waals surface area contributed by atoms with Gasteiger partial charge < -0.3 is 10.4 Å². The van der Waals surface area contributed by atoms with Crippen molar-refractivity contribution in [1.29, 1.82) is 0 Å². The Hall–Kier alpha value is -1.11. The third kappa shape index (κ3) is 3.50. The van der Waals surface area contributed by atoms with E-state index in [1.807, 2.05) is 13.8 Å². The minimum atomic E-state index is -3.69. The molecule has 0 spiro atoms. The Morgan fingerprint density at radius 3 is 2.35 bits per heavy atom. The van der Waals surface area contributed by atoms with Crippen molar-refractivity contribution in [1.82, 2.24) is 0 Å². The predicted octanol–water partition coefficient (Wildman–Crippen LogP) is 1.67. The number of anilines is 1. The zero-order valence-corrected chi connectivity index (χ0v) is 12.7. The van der Waals surface area contributed by atoms with Gasteiger partial charge in [0.2, 0.25) is 10.0 Å². The SMILES string of the molecule is Cc1cc(S(N)(=O)=O)cc(NC2CCC(O)CC2)c1C. The highest BCUT2D eigenvalue weighted by atomic mass is 32.2. The largest absolute Gasteiger partial charge is 0.393 e. The minimum Gasteiger partial charge on any atom is -0.393 e. The first kappa shape index (κ1) is 15.3. The topological polar surface area (TPSA) is 92.4 Å². The summed E-state index contributed by atoms with van der Waals surface area (Å²) < 4.78 is 23.0. The van der Waals surface area contributed by atoms with Crippen molar-refractivity contribution >= 4 is 15.7 Å². The number of benzene rings is 1. The van der Waals surface area contributed by atoms with E-state index in [2.05, 4.69) is 5.32 Å². The molecule has 2 rings (SSSR count). The molecule has 1 aromatic rings. The van der Waals surface area contributed by atoms with Gasteiger partial charge in [-0.2, -0.15) is 0 Å². The number of aliphatic hydroxyl groups excluding tert-OH is 1. The van der Waals surface area contributed by atoms with Crippen molar-refractivity contribution in [3.05, 3.63) is 23.3 Å². The first-order chi connectivity index (χ1) is 9.27. The van der Waals surface area contributed by atoms with Gasteiger partial charge in [-0.15, -0.1) is 0 Å². The molecular weight excluding hydrogens is 276 g/mol. The van der Waals surface area contributed by atoms with E-state index in [-0.39, 0.29) is 17.0 Å². The lowest BCUT2D eigenvalue weighted by molar-refractivity contribution is 0.126. The number of aryl methyl sites for hydroxylation is 1. The van der Waals surface area contributed by atoms with E-state index in [9.17, 15) is 13.5 Å². The second-order valence-electron chi connectivity index (χ2n) is 5.61. The minimum absolute atomic E-state index is 0.138. The smallest absolute Gasteiger partial charge is 0.238 e. The lowest BCUT2D eigenvalue weighted by Crippen LogP contribution is -2.28. The molecule has 1 saturated carbocycles. The molecular formula is C14H22N2O3S. The second kappa shape index (κ2) is 5.71. The fraction of sp³-hybridized carbons (Fsp3) is 0.571. The molecule has 6 heteroatoms. The Morgan fingerprint density at radius 2 is 1.80 bits per heavy atom. The van der Waals surface area contributed by atoms with Crippen LogP contribution in [0.4, 0.5) is 5.69 Å². The number of nitrogens with two attached hydrogens (primary N) is 1. The van der Waals surface area contributed by atoms with E-state index < -0.39 is 10.0 Å². The summed E-state index contributed by atoms with van der Waals surface area (Å²) in [5.74, 6) is 0. The molecule has 5 nitrogen and oxygen atoms in total. The maximum atomic E-state index is 11.5. The van der Waals surface area contributed by atoms with Crippen LogP contribution in [0.3, 0.4) is 0 Å². The molecule has 112 valence electrons. The number of nitrogens with one attached hydrogen (secondary N) is 1. The lowest BCUT2D eigenvalue weighted by Gasteiger charge is -2.28. The van der Waals surface area contributed by atoms with Gasteiger partial charge in [0, 0.05) is 11.7 Å². The molecule has 0 bridgehead atoms. The van der Waals surface area contributed by atoms with Crippen LogP contribution in [-0.4, -0.2) is 25.7 Å². The van der Waals surface area contributed by atoms with Gasteiger partial charge in [-0.1, -0.05) is 0 Å². The van der Waals surface area contributed by atoms with Crippen LogP contribution >= 0.6 is 0 Å². The molecule has 20 heavy (non-hydrogen) atoms. The van der Waals surface area contributed by atoms with Crippen LogP contribution in [-0.2, 0) is 10.0 Å². The van der Waals surface area contributed by atoms with Crippen molar-refractivity contribution in [2.75, 3.05) is 5.32 Å². The van der Waals surface area contributed by atoms with Crippen molar-refractivity contribution in [3.8, 4) is 0 Å². The molecule has 0 aromatic heterocycles. The highest BCUT2D eigenvalue weighted by Gasteiger charge is 2.20. The van der Waals surface area contributed by atoms with Gasteiger partial charge in [-0.25, -0.2) is 13.6 Å². The molecule has 1 aromatic carbocycles. The highest BCUT2D eigenvalue weighted by molar-refractivity contribution is 7.89. The predicted molar refractivity (Wildman–Crippen MR) is 79.2 cm³/mol. The lowest BCUT2D eigenvalue weighted by atomic mass is 9.92. The molecule has 1 aliphatic carbocycles. The van der Waals surface area contributed by atoms with Crippen LogP contribution in [0.2, 0.25) is 0 Å². The Labute approximate surface area is 120 Å². The first-order valence-corrected chi connectivity index (χ1v) is 8.40. The molecule has 0 saturated heterocycles. The monoisotopic (exact) mass is 298 g/mol. The number of hydrogen-bond acceptors (Lipinski definition) is 4. The van der Waals surface area contributed by atoms with E-state index in [1.54, 1.807) is 12.1 Å². The fourth-order valence-electron chi connectivity index (χ4n) is 2.58. The summed E-state index contributed by atoms with van der Waals surface area (Å²) in [7, 11) is -3.69. The number of aliphatic hydroxyl groups is 1. The molecule has 0 aliphatic heterocycles.